The van der Waals surface area contributed by atoms with Crippen LogP contribution in [0.25, 0.3) is 0 Å². The second-order valence-corrected chi connectivity index (χ2v) is 6.39. The van der Waals surface area contributed by atoms with Crippen molar-refractivity contribution in [3.63, 3.8) is 0 Å². The highest BCUT2D eigenvalue weighted by Gasteiger charge is 1.95. The van der Waals surface area contributed by atoms with Crippen LogP contribution in [0, 0.1) is 0 Å². The third kappa shape index (κ3) is 42.2. The molecule has 0 fully saturated rings. The van der Waals surface area contributed by atoms with Crippen molar-refractivity contribution in [2.24, 2.45) is 0 Å². The van der Waals surface area contributed by atoms with Gasteiger partial charge in [0, 0.05) is 6.42 Å². The van der Waals surface area contributed by atoms with E-state index in [0.717, 1.165) is 25.7 Å². The quantitative estimate of drug-likeness (QED) is 0.145. The number of carboxylic acids is 1. The third-order valence-corrected chi connectivity index (χ3v) is 3.76. The maximum absolute atomic E-state index is 10.3. The summed E-state index contributed by atoms with van der Waals surface area (Å²) in [5.74, 6) is -0.671. The number of halogens is 1. The Hall–Kier alpha value is -0.960. The van der Waals surface area contributed by atoms with E-state index in [9.17, 15) is 4.79 Å². The van der Waals surface area contributed by atoms with Crippen molar-refractivity contribution in [2.45, 2.75) is 90.1 Å². The van der Waals surface area contributed by atoms with Gasteiger partial charge in [-0.3, -0.25) is 4.79 Å². The molecule has 7 nitrogen and oxygen atoms in total. The molecule has 0 aliphatic carbocycles. The minimum Gasteiger partial charge on any atom is -0.481 e. The van der Waals surface area contributed by atoms with E-state index < -0.39 is 12.1 Å². The first-order valence-corrected chi connectivity index (χ1v) is 10.00. The van der Waals surface area contributed by atoms with Crippen LogP contribution in [-0.4, -0.2) is 45.7 Å². The monoisotopic (exact) mass is 442 g/mol. The number of carboxylic acid groups (broad SMARTS) is 1. The second-order valence-electron chi connectivity index (χ2n) is 6.39. The van der Waals surface area contributed by atoms with E-state index in [-0.39, 0.29) is 37.9 Å². The Labute approximate surface area is 183 Å². The van der Waals surface area contributed by atoms with E-state index in [0.29, 0.717) is 6.42 Å². The van der Waals surface area contributed by atoms with Gasteiger partial charge in [0.15, 0.2) is 0 Å². The third-order valence-electron chi connectivity index (χ3n) is 3.76. The molecule has 8 heteroatoms. The maximum atomic E-state index is 10.3. The van der Waals surface area contributed by atoms with Crippen LogP contribution in [0.1, 0.15) is 84.0 Å². The Kier molecular flexibility index (Phi) is 46.0. The number of aliphatic hydroxyl groups excluding tert-OH is 3. The fourth-order valence-electron chi connectivity index (χ4n) is 2.15. The molecule has 0 spiro atoms. The zero-order chi connectivity index (χ0) is 19.9. The van der Waals surface area contributed by atoms with Crippen molar-refractivity contribution in [3.8, 4) is 0 Å². The molecule has 0 amide bonds. The summed E-state index contributed by atoms with van der Waals surface area (Å²) in [6.45, 7) is 1.51. The number of rotatable bonds is 16. The van der Waals surface area contributed by atoms with Crippen molar-refractivity contribution < 1.29 is 25.2 Å². The van der Waals surface area contributed by atoms with E-state index >= 15 is 0 Å². The minimum absolute atomic E-state index is 0. The standard InChI is InChI=1S/C18H32O2.C3H8O3.ClH.2H3N/c1-2-3-4-5-6-7-8-9-10-11-12-13-14-15-16-17-18(19)20;4-1-3(6)2-5;;;/h6-7,9-10H,2-5,8,11-17H2,1H3,(H,19,20);3-6H,1-2H2;1H;2*1H3/b7-6-,10-9-;;;;. The van der Waals surface area contributed by atoms with Gasteiger partial charge in [-0.1, -0.05) is 63.3 Å². The molecule has 0 bridgehead atoms. The molecule has 0 aromatic heterocycles. The molecule has 0 aliphatic heterocycles. The van der Waals surface area contributed by atoms with Gasteiger partial charge < -0.3 is 32.7 Å². The van der Waals surface area contributed by atoms with Crippen molar-refractivity contribution in [1.29, 1.82) is 0 Å². The minimum atomic E-state index is -0.954. The molecule has 0 heterocycles. The molecule has 0 aromatic carbocycles. The zero-order valence-corrected chi connectivity index (χ0v) is 19.1. The zero-order valence-electron chi connectivity index (χ0n) is 18.3. The smallest absolute Gasteiger partial charge is 0.303 e. The van der Waals surface area contributed by atoms with Gasteiger partial charge >= 0.3 is 5.97 Å². The van der Waals surface area contributed by atoms with Crippen LogP contribution in [0.15, 0.2) is 24.3 Å². The molecule has 29 heavy (non-hydrogen) atoms. The molecule has 0 saturated carbocycles. The van der Waals surface area contributed by atoms with Crippen LogP contribution in [0.2, 0.25) is 0 Å². The fraction of sp³-hybridized carbons (Fsp3) is 0.762. The molecule has 0 rings (SSSR count). The van der Waals surface area contributed by atoms with Crippen molar-refractivity contribution in [1.82, 2.24) is 12.3 Å². The highest BCUT2D eigenvalue weighted by Crippen LogP contribution is 2.08. The van der Waals surface area contributed by atoms with Gasteiger partial charge in [-0.15, -0.1) is 12.4 Å². The number of aliphatic carboxylic acids is 1. The number of aliphatic hydroxyl groups is 3. The predicted molar refractivity (Wildman–Crippen MR) is 124 cm³/mol. The van der Waals surface area contributed by atoms with Gasteiger partial charge in [0.2, 0.25) is 0 Å². The summed E-state index contributed by atoms with van der Waals surface area (Å²) in [5.41, 5.74) is 0. The summed E-state index contributed by atoms with van der Waals surface area (Å²) in [6.07, 6.45) is 21.3. The lowest BCUT2D eigenvalue weighted by Gasteiger charge is -1.98. The first kappa shape index (κ1) is 38.6. The summed E-state index contributed by atoms with van der Waals surface area (Å²) >= 11 is 0. The summed E-state index contributed by atoms with van der Waals surface area (Å²) in [6, 6.07) is 0. The Balaban J connectivity index is -0.000000186. The average Bonchev–Trinajstić information content (AvgIpc) is 2.64. The Bertz CT molecular complexity index is 352. The summed E-state index contributed by atoms with van der Waals surface area (Å²) in [4.78, 5) is 10.3. The average molecular weight is 443 g/mol. The molecular formula is C21H47ClN2O5. The Morgan fingerprint density at radius 3 is 1.66 bits per heavy atom. The summed E-state index contributed by atoms with van der Waals surface area (Å²) in [7, 11) is 0. The van der Waals surface area contributed by atoms with E-state index in [4.69, 9.17) is 20.4 Å². The predicted octanol–water partition coefficient (Wildman–Crippen LogP) is 4.96. The molecule has 0 saturated heterocycles. The number of carbonyl (C=O) groups is 1. The van der Waals surface area contributed by atoms with E-state index in [1.807, 2.05) is 0 Å². The highest BCUT2D eigenvalue weighted by atomic mass is 35.5. The first-order valence-electron chi connectivity index (χ1n) is 10.00. The largest absolute Gasteiger partial charge is 0.481 e. The lowest BCUT2D eigenvalue weighted by molar-refractivity contribution is -0.137. The van der Waals surface area contributed by atoms with Crippen molar-refractivity contribution >= 4 is 18.4 Å². The number of hydrogen-bond acceptors (Lipinski definition) is 6. The molecule has 178 valence electrons. The Morgan fingerprint density at radius 2 is 1.24 bits per heavy atom. The number of hydrogen-bond donors (Lipinski definition) is 6. The molecule has 0 aliphatic rings. The SMILES string of the molecule is CCCCC/C=C\C/C=C\CCCCCCCC(=O)O.Cl.N.N.OCC(O)CO. The van der Waals surface area contributed by atoms with Crippen LogP contribution in [0.4, 0.5) is 0 Å². The lowest BCUT2D eigenvalue weighted by Crippen LogP contribution is -2.15. The molecule has 0 unspecified atom stereocenters. The van der Waals surface area contributed by atoms with Crippen LogP contribution >= 0.6 is 12.4 Å². The molecule has 0 atom stereocenters. The Morgan fingerprint density at radius 1 is 0.793 bits per heavy atom. The van der Waals surface area contributed by atoms with Crippen molar-refractivity contribution in [3.05, 3.63) is 24.3 Å². The van der Waals surface area contributed by atoms with E-state index in [2.05, 4.69) is 31.2 Å². The van der Waals surface area contributed by atoms with Crippen LogP contribution < -0.4 is 12.3 Å². The normalized spacial score (nSPS) is 10.1. The topological polar surface area (TPSA) is 168 Å². The fourth-order valence-corrected chi connectivity index (χ4v) is 2.15. The van der Waals surface area contributed by atoms with Gasteiger partial charge in [0.25, 0.3) is 0 Å². The van der Waals surface area contributed by atoms with Crippen LogP contribution in [-0.2, 0) is 4.79 Å². The molecule has 0 radical (unpaired) electrons. The van der Waals surface area contributed by atoms with E-state index in [1.165, 1.54) is 44.9 Å². The first-order chi connectivity index (χ1) is 12.6. The molecule has 10 N–H and O–H groups in total. The van der Waals surface area contributed by atoms with Gasteiger partial charge in [-0.25, -0.2) is 0 Å². The van der Waals surface area contributed by atoms with Crippen LogP contribution in [0.5, 0.6) is 0 Å². The van der Waals surface area contributed by atoms with Gasteiger partial charge in [0.1, 0.15) is 6.10 Å². The maximum Gasteiger partial charge on any atom is 0.303 e. The van der Waals surface area contributed by atoms with Gasteiger partial charge in [-0.05, 0) is 38.5 Å². The molecular weight excluding hydrogens is 396 g/mol. The molecule has 0 aromatic rings. The summed E-state index contributed by atoms with van der Waals surface area (Å²) in [5, 5.41) is 32.5. The van der Waals surface area contributed by atoms with Crippen molar-refractivity contribution in [2.75, 3.05) is 13.2 Å². The lowest BCUT2D eigenvalue weighted by atomic mass is 10.1. The number of allylic oxidation sites excluding steroid dienone is 4. The van der Waals surface area contributed by atoms with E-state index in [1.54, 1.807) is 0 Å². The van der Waals surface area contributed by atoms with Crippen LogP contribution in [0.3, 0.4) is 0 Å². The van der Waals surface area contributed by atoms with Gasteiger partial charge in [-0.2, -0.15) is 0 Å². The van der Waals surface area contributed by atoms with Gasteiger partial charge in [0.05, 0.1) is 13.2 Å². The number of unbranched alkanes of at least 4 members (excludes halogenated alkanes) is 8. The summed E-state index contributed by atoms with van der Waals surface area (Å²) < 4.78 is 0. The second kappa shape index (κ2) is 34.5. The highest BCUT2D eigenvalue weighted by molar-refractivity contribution is 5.85.